The van der Waals surface area contributed by atoms with Crippen molar-refractivity contribution < 1.29 is 126 Å². The van der Waals surface area contributed by atoms with Gasteiger partial charge < -0.3 is 33.6 Å². The molecule has 4 saturated carbocycles. The van der Waals surface area contributed by atoms with Crippen LogP contribution >= 0.6 is 7.82 Å². The van der Waals surface area contributed by atoms with Crippen molar-refractivity contribution >= 4 is 31.2 Å². The van der Waals surface area contributed by atoms with E-state index < -0.39 is 13.9 Å². The van der Waals surface area contributed by atoms with Crippen LogP contribution in [0.1, 0.15) is 97.8 Å². The Kier molecular flexibility index (Phi) is 14.4. The van der Waals surface area contributed by atoms with E-state index in [9.17, 15) is 19.1 Å². The fourth-order valence-corrected chi connectivity index (χ4v) is 13.3. The van der Waals surface area contributed by atoms with Crippen LogP contribution in [-0.2, 0) is 13.9 Å². The summed E-state index contributed by atoms with van der Waals surface area (Å²) in [7, 11) is -4.97. The van der Waals surface area contributed by atoms with Gasteiger partial charge >= 0.3 is 103 Å². The average molecular weight is 789 g/mol. The van der Waals surface area contributed by atoms with Gasteiger partial charge in [-0.15, -0.1) is 0 Å². The van der Waals surface area contributed by atoms with Crippen molar-refractivity contribution in [1.29, 1.82) is 0 Å². The number of hydrogen-bond acceptors (Lipinski definition) is 11. The number of aromatic nitrogens is 2. The molecule has 4 aliphatic carbocycles. The number of phosphoric acid groups is 1. The summed E-state index contributed by atoms with van der Waals surface area (Å²) in [6.07, 6.45) is 12.2. The van der Waals surface area contributed by atoms with Crippen LogP contribution in [0.3, 0.4) is 0 Å². The van der Waals surface area contributed by atoms with Gasteiger partial charge in [-0.25, -0.2) is 0 Å². The molecule has 7 fully saturated rings. The number of anilines is 3. The van der Waals surface area contributed by atoms with Crippen LogP contribution in [0.2, 0.25) is 0 Å². The number of fused-ring (bicyclic) bond motifs is 5. The van der Waals surface area contributed by atoms with Crippen molar-refractivity contribution in [3.05, 3.63) is 6.07 Å². The first-order chi connectivity index (χ1) is 23.9. The molecule has 0 bridgehead atoms. The summed E-state index contributed by atoms with van der Waals surface area (Å²) in [4.78, 5) is 56.7. The zero-order valence-corrected chi connectivity index (χ0v) is 39.8. The van der Waals surface area contributed by atoms with E-state index in [2.05, 4.69) is 46.4 Å². The maximum Gasteiger partial charge on any atom is 1.00 e. The van der Waals surface area contributed by atoms with Crippen LogP contribution in [0.5, 0.6) is 0 Å². The summed E-state index contributed by atoms with van der Waals surface area (Å²) in [5.41, 5.74) is 0.193. The van der Waals surface area contributed by atoms with Gasteiger partial charge in [0.25, 0.3) is 0 Å². The van der Waals surface area contributed by atoms with E-state index in [0.29, 0.717) is 54.8 Å². The number of piperazine rings is 1. The van der Waals surface area contributed by atoms with Crippen LogP contribution in [0.4, 0.5) is 17.6 Å². The summed E-state index contributed by atoms with van der Waals surface area (Å²) < 4.78 is 16.3. The third kappa shape index (κ3) is 8.61. The number of Topliss-reactive ketones (excluding diaryl/α,β-unsaturated/α-hetero) is 1. The Bertz CT molecular complexity index is 1430. The van der Waals surface area contributed by atoms with E-state index in [1.807, 2.05) is 0 Å². The first-order valence-electron chi connectivity index (χ1n) is 20.0. The Hall–Kier alpha value is 1.49. The molecule has 0 amide bonds. The van der Waals surface area contributed by atoms with Crippen LogP contribution < -0.4 is 127 Å². The molecule has 0 N–H and O–H groups in total. The Morgan fingerprint density at radius 1 is 0.808 bits per heavy atom. The van der Waals surface area contributed by atoms with E-state index in [-0.39, 0.29) is 120 Å². The van der Waals surface area contributed by atoms with E-state index in [1.165, 1.54) is 25.7 Å². The molecule has 1 aromatic heterocycles. The quantitative estimate of drug-likeness (QED) is 0.226. The molecule has 14 heteroatoms. The minimum atomic E-state index is -4.97. The molecule has 3 unspecified atom stereocenters. The van der Waals surface area contributed by atoms with Crippen molar-refractivity contribution in [2.75, 3.05) is 73.6 Å². The SMILES string of the molecule is C[C@@H]1CC2C3CC[C@H]4C[C@@H](OP(=O)([O-])[O-])CC[C@]4(C)C3CC[C@]2(C)[C@H]1C(=O)CN1CCN(c2cc(N3CCCC3)nc(N3CCCC3)n2)CC1.[K+].[K+]. The van der Waals surface area contributed by atoms with Gasteiger partial charge in [0.15, 0.2) is 5.78 Å². The van der Waals surface area contributed by atoms with E-state index >= 15 is 0 Å². The minimum absolute atomic E-state index is 0. The molecular formula is C38H59K2N6O5P. The zero-order chi connectivity index (χ0) is 34.8. The van der Waals surface area contributed by atoms with Gasteiger partial charge in [0.1, 0.15) is 11.6 Å². The van der Waals surface area contributed by atoms with Gasteiger partial charge in [0.2, 0.25) is 5.95 Å². The van der Waals surface area contributed by atoms with Crippen molar-refractivity contribution in [2.24, 2.45) is 46.3 Å². The largest absolute Gasteiger partial charge is 1.00 e. The van der Waals surface area contributed by atoms with Gasteiger partial charge in [-0.2, -0.15) is 9.97 Å². The standard InChI is InChI=1S/C38H61N6O5P.2K/c1-26-22-31-29-9-8-27-23-28(49-50(46,47)48)10-12-37(27,2)30(29)11-13-38(31,3)35(26)32(45)25-41-18-20-43(21-19-41)34-24-33(42-14-4-5-15-42)39-36(40-34)44-16-6-7-17-44;;/h24,26-31,35H,4-23,25H2,1-3H3,(H2,46,47,48);;/q;2*+1/p-2/t26-,27+,28+,29?,30?,31?,35-,37+,38+;;/m1../s1. The van der Waals surface area contributed by atoms with Crippen LogP contribution in [0, 0.1) is 46.3 Å². The van der Waals surface area contributed by atoms with Crippen molar-refractivity contribution in [1.82, 2.24) is 14.9 Å². The number of phosphoric ester groups is 1. The van der Waals surface area contributed by atoms with Gasteiger partial charge in [0.05, 0.1) is 20.5 Å². The minimum Gasteiger partial charge on any atom is -0.790 e. The molecule has 4 heterocycles. The fraction of sp³-hybridized carbons (Fsp3) is 0.868. The molecule has 8 rings (SSSR count). The zero-order valence-electron chi connectivity index (χ0n) is 32.6. The van der Waals surface area contributed by atoms with Gasteiger partial charge in [-0.05, 0) is 117 Å². The summed E-state index contributed by atoms with van der Waals surface area (Å²) in [5.74, 6) is 6.10. The maximum atomic E-state index is 14.3. The van der Waals surface area contributed by atoms with Crippen molar-refractivity contribution in [2.45, 2.75) is 104 Å². The number of carbonyl (C=O) groups excluding carboxylic acids is 1. The molecular weight excluding hydrogens is 730 g/mol. The molecule has 3 aliphatic heterocycles. The molecule has 0 spiro atoms. The second-order valence-corrected chi connectivity index (χ2v) is 18.9. The smallest absolute Gasteiger partial charge is 0.790 e. The molecule has 11 nitrogen and oxygen atoms in total. The fourth-order valence-electron chi connectivity index (χ4n) is 12.7. The van der Waals surface area contributed by atoms with Crippen molar-refractivity contribution in [3.8, 4) is 0 Å². The molecule has 0 radical (unpaired) electrons. The second kappa shape index (κ2) is 17.4. The number of ketones is 1. The normalized spacial score (nSPS) is 37.9. The Morgan fingerprint density at radius 3 is 2.04 bits per heavy atom. The van der Waals surface area contributed by atoms with Gasteiger partial charge in [-0.3, -0.25) is 9.69 Å². The second-order valence-electron chi connectivity index (χ2n) is 17.8. The third-order valence-electron chi connectivity index (χ3n) is 15.2. The molecule has 52 heavy (non-hydrogen) atoms. The summed E-state index contributed by atoms with van der Waals surface area (Å²) in [5, 5.41) is 0. The number of carbonyl (C=O) groups is 1. The molecule has 9 atom stereocenters. The number of nitrogens with zero attached hydrogens (tertiary/aromatic N) is 6. The van der Waals surface area contributed by atoms with Crippen LogP contribution in [0.25, 0.3) is 0 Å². The number of rotatable bonds is 8. The topological polar surface area (TPSA) is 128 Å². The van der Waals surface area contributed by atoms with Crippen LogP contribution in [0.15, 0.2) is 6.07 Å². The van der Waals surface area contributed by atoms with E-state index in [4.69, 9.17) is 14.5 Å². The number of hydrogen-bond donors (Lipinski definition) is 0. The monoisotopic (exact) mass is 788 g/mol. The summed E-state index contributed by atoms with van der Waals surface area (Å²) in [6, 6.07) is 2.20. The summed E-state index contributed by atoms with van der Waals surface area (Å²) >= 11 is 0. The summed E-state index contributed by atoms with van der Waals surface area (Å²) in [6.45, 7) is 15.5. The first kappa shape index (κ1) is 43.1. The predicted octanol–water partition coefficient (Wildman–Crippen LogP) is -1.51. The molecule has 1 aromatic rings. The molecule has 0 aromatic carbocycles. The molecule has 278 valence electrons. The van der Waals surface area contributed by atoms with Gasteiger partial charge in [-0.1, -0.05) is 20.8 Å². The molecule has 7 aliphatic rings. The Balaban J connectivity index is 0.00000232. The van der Waals surface area contributed by atoms with E-state index in [1.54, 1.807) is 0 Å². The first-order valence-corrected chi connectivity index (χ1v) is 21.5. The molecule has 3 saturated heterocycles. The third-order valence-corrected chi connectivity index (χ3v) is 15.7. The maximum absolute atomic E-state index is 14.3. The predicted molar refractivity (Wildman–Crippen MR) is 191 cm³/mol. The van der Waals surface area contributed by atoms with Gasteiger partial charge in [0, 0.05) is 64.3 Å². The van der Waals surface area contributed by atoms with E-state index in [0.717, 1.165) is 108 Å². The Morgan fingerprint density at radius 2 is 1.40 bits per heavy atom. The average Bonchev–Trinajstić information content (AvgIpc) is 3.86. The van der Waals surface area contributed by atoms with Crippen molar-refractivity contribution in [3.63, 3.8) is 0 Å². The van der Waals surface area contributed by atoms with Crippen LogP contribution in [-0.4, -0.2) is 85.7 Å². The Labute approximate surface area is 397 Å².